The monoisotopic (exact) mass is 405 g/mol. The van der Waals surface area contributed by atoms with Crippen LogP contribution < -0.4 is 15.4 Å². The van der Waals surface area contributed by atoms with E-state index in [-0.39, 0.29) is 5.91 Å². The van der Waals surface area contributed by atoms with Gasteiger partial charge in [-0.1, -0.05) is 47.7 Å². The number of imide groups is 1. The highest BCUT2D eigenvalue weighted by atomic mass is 32.2. The number of aromatic nitrogens is 1. The number of hydrogen-bond acceptors (Lipinski definition) is 5. The van der Waals surface area contributed by atoms with Crippen LogP contribution in [0.4, 0.5) is 4.79 Å². The van der Waals surface area contributed by atoms with Gasteiger partial charge in [-0.2, -0.15) is 0 Å². The molecule has 0 bridgehead atoms. The Bertz CT molecular complexity index is 1050. The standard InChI is InChI=1S/C22H19N3O3S/c1-14-4-2-5-15(12-14)13-28-16-7-9-17(10-8-16)29-21-18(6-3-11-23-21)19-20(26)25-22(27)24-19/h2-12,19H,13H2,1H3,(H2,24,25,26,27). The fourth-order valence-corrected chi connectivity index (χ4v) is 3.94. The van der Waals surface area contributed by atoms with E-state index in [1.807, 2.05) is 36.4 Å². The third-order valence-corrected chi connectivity index (χ3v) is 5.45. The molecule has 1 aromatic heterocycles. The van der Waals surface area contributed by atoms with Crippen molar-refractivity contribution in [2.75, 3.05) is 0 Å². The van der Waals surface area contributed by atoms with E-state index in [4.69, 9.17) is 4.74 Å². The average molecular weight is 405 g/mol. The number of carbonyl (C=O) groups is 2. The summed E-state index contributed by atoms with van der Waals surface area (Å²) in [4.78, 5) is 28.8. The van der Waals surface area contributed by atoms with Crippen molar-refractivity contribution in [3.63, 3.8) is 0 Å². The summed E-state index contributed by atoms with van der Waals surface area (Å²) in [5.74, 6) is 0.407. The molecule has 2 aromatic carbocycles. The van der Waals surface area contributed by atoms with Crippen LogP contribution >= 0.6 is 11.8 Å². The Morgan fingerprint density at radius 2 is 1.90 bits per heavy atom. The molecule has 2 heterocycles. The molecule has 1 fully saturated rings. The van der Waals surface area contributed by atoms with Crippen LogP contribution in [0.15, 0.2) is 76.8 Å². The first kappa shape index (κ1) is 19.0. The zero-order valence-corrected chi connectivity index (χ0v) is 16.5. The molecule has 1 aliphatic rings. The number of benzene rings is 2. The highest BCUT2D eigenvalue weighted by molar-refractivity contribution is 7.99. The van der Waals surface area contributed by atoms with Crippen LogP contribution in [-0.4, -0.2) is 16.9 Å². The van der Waals surface area contributed by atoms with E-state index in [2.05, 4.69) is 34.7 Å². The lowest BCUT2D eigenvalue weighted by Crippen LogP contribution is -2.22. The minimum Gasteiger partial charge on any atom is -0.489 e. The van der Waals surface area contributed by atoms with Crippen molar-refractivity contribution in [3.8, 4) is 5.75 Å². The van der Waals surface area contributed by atoms with Crippen molar-refractivity contribution in [1.29, 1.82) is 0 Å². The number of hydrogen-bond donors (Lipinski definition) is 2. The lowest BCUT2D eigenvalue weighted by molar-refractivity contribution is -0.120. The molecule has 6 nitrogen and oxygen atoms in total. The molecule has 1 saturated heterocycles. The first-order chi connectivity index (χ1) is 14.1. The van der Waals surface area contributed by atoms with Crippen LogP contribution in [0.3, 0.4) is 0 Å². The predicted molar refractivity (Wildman–Crippen MR) is 110 cm³/mol. The topological polar surface area (TPSA) is 80.3 Å². The number of ether oxygens (including phenoxy) is 1. The highest BCUT2D eigenvalue weighted by Crippen LogP contribution is 2.33. The lowest BCUT2D eigenvalue weighted by atomic mass is 10.1. The van der Waals surface area contributed by atoms with Gasteiger partial charge >= 0.3 is 6.03 Å². The Labute approximate surface area is 172 Å². The van der Waals surface area contributed by atoms with Crippen molar-refractivity contribution >= 4 is 23.7 Å². The first-order valence-corrected chi connectivity index (χ1v) is 9.93. The first-order valence-electron chi connectivity index (χ1n) is 9.11. The van der Waals surface area contributed by atoms with Gasteiger partial charge in [0.2, 0.25) is 0 Å². The molecule has 0 spiro atoms. The van der Waals surface area contributed by atoms with Crippen LogP contribution in [-0.2, 0) is 11.4 Å². The van der Waals surface area contributed by atoms with E-state index in [9.17, 15) is 9.59 Å². The molecule has 4 rings (SSSR count). The predicted octanol–water partition coefficient (Wildman–Crippen LogP) is 4.00. The summed E-state index contributed by atoms with van der Waals surface area (Å²) in [5.41, 5.74) is 3.00. The van der Waals surface area contributed by atoms with Crippen LogP contribution in [0.1, 0.15) is 22.7 Å². The molecular formula is C22H19N3O3S. The second-order valence-corrected chi connectivity index (χ2v) is 7.71. The van der Waals surface area contributed by atoms with Gasteiger partial charge in [-0.3, -0.25) is 10.1 Å². The van der Waals surface area contributed by atoms with E-state index in [1.54, 1.807) is 18.3 Å². The third-order valence-electron chi connectivity index (χ3n) is 4.41. The summed E-state index contributed by atoms with van der Waals surface area (Å²) in [5, 5.41) is 5.54. The number of carbonyl (C=O) groups excluding carboxylic acids is 2. The fourth-order valence-electron chi connectivity index (χ4n) is 3.03. The Morgan fingerprint density at radius 1 is 1.07 bits per heavy atom. The molecular weight excluding hydrogens is 386 g/mol. The summed E-state index contributed by atoms with van der Waals surface area (Å²) >= 11 is 1.43. The summed E-state index contributed by atoms with van der Waals surface area (Å²) in [6, 6.07) is 18.3. The largest absolute Gasteiger partial charge is 0.489 e. The number of nitrogens with one attached hydrogen (secondary N) is 2. The van der Waals surface area contributed by atoms with Gasteiger partial charge in [0.05, 0.1) is 0 Å². The molecule has 1 aliphatic heterocycles. The van der Waals surface area contributed by atoms with E-state index in [0.717, 1.165) is 16.2 Å². The zero-order valence-electron chi connectivity index (χ0n) is 15.7. The minimum absolute atomic E-state index is 0.371. The Kier molecular flexibility index (Phi) is 5.48. The van der Waals surface area contributed by atoms with Gasteiger partial charge in [0.25, 0.3) is 5.91 Å². The maximum absolute atomic E-state index is 12.0. The summed E-state index contributed by atoms with van der Waals surface area (Å²) in [7, 11) is 0. The molecule has 3 aromatic rings. The second-order valence-electron chi connectivity index (χ2n) is 6.64. The molecule has 146 valence electrons. The summed E-state index contributed by atoms with van der Waals surface area (Å²) in [6.45, 7) is 2.57. The Hall–Kier alpha value is -3.32. The molecule has 1 atom stereocenters. The third kappa shape index (κ3) is 4.57. The van der Waals surface area contributed by atoms with Gasteiger partial charge in [-0.05, 0) is 42.8 Å². The minimum atomic E-state index is -0.726. The van der Waals surface area contributed by atoms with Crippen LogP contribution in [0.25, 0.3) is 0 Å². The number of urea groups is 1. The number of nitrogens with zero attached hydrogens (tertiary/aromatic N) is 1. The van der Waals surface area contributed by atoms with Gasteiger partial charge in [0.1, 0.15) is 23.4 Å². The molecule has 2 N–H and O–H groups in total. The van der Waals surface area contributed by atoms with Gasteiger partial charge < -0.3 is 10.1 Å². The molecule has 0 radical (unpaired) electrons. The zero-order chi connectivity index (χ0) is 20.2. The van der Waals surface area contributed by atoms with Crippen molar-refractivity contribution in [2.24, 2.45) is 0 Å². The molecule has 29 heavy (non-hydrogen) atoms. The molecule has 1 unspecified atom stereocenters. The smallest absolute Gasteiger partial charge is 0.322 e. The quantitative estimate of drug-likeness (QED) is 0.606. The van der Waals surface area contributed by atoms with Crippen molar-refractivity contribution in [3.05, 3.63) is 83.6 Å². The van der Waals surface area contributed by atoms with Crippen molar-refractivity contribution in [1.82, 2.24) is 15.6 Å². The van der Waals surface area contributed by atoms with E-state index >= 15 is 0 Å². The fraction of sp³-hybridized carbons (Fsp3) is 0.136. The van der Waals surface area contributed by atoms with Gasteiger partial charge in [0.15, 0.2) is 0 Å². The lowest BCUT2D eigenvalue weighted by Gasteiger charge is -2.12. The number of rotatable bonds is 6. The van der Waals surface area contributed by atoms with E-state index in [0.29, 0.717) is 17.2 Å². The van der Waals surface area contributed by atoms with Crippen LogP contribution in [0, 0.1) is 6.92 Å². The van der Waals surface area contributed by atoms with E-state index in [1.165, 1.54) is 17.3 Å². The SMILES string of the molecule is Cc1cccc(COc2ccc(Sc3ncccc3C3NC(=O)NC3=O)cc2)c1. The Balaban J connectivity index is 1.44. The summed E-state index contributed by atoms with van der Waals surface area (Å²) in [6.07, 6.45) is 1.67. The van der Waals surface area contributed by atoms with Gasteiger partial charge in [-0.25, -0.2) is 9.78 Å². The van der Waals surface area contributed by atoms with Crippen molar-refractivity contribution in [2.45, 2.75) is 29.5 Å². The number of pyridine rings is 1. The molecule has 7 heteroatoms. The second kappa shape index (κ2) is 8.36. The summed E-state index contributed by atoms with van der Waals surface area (Å²) < 4.78 is 5.86. The van der Waals surface area contributed by atoms with Gasteiger partial charge in [-0.15, -0.1) is 0 Å². The molecule has 0 saturated carbocycles. The average Bonchev–Trinajstić information content (AvgIpc) is 3.06. The maximum Gasteiger partial charge on any atom is 0.322 e. The number of aryl methyl sites for hydroxylation is 1. The van der Waals surface area contributed by atoms with Crippen LogP contribution in [0.2, 0.25) is 0 Å². The van der Waals surface area contributed by atoms with Crippen molar-refractivity contribution < 1.29 is 14.3 Å². The molecule has 3 amide bonds. The van der Waals surface area contributed by atoms with Crippen LogP contribution in [0.5, 0.6) is 5.75 Å². The normalized spacial score (nSPS) is 15.7. The Morgan fingerprint density at radius 3 is 2.62 bits per heavy atom. The maximum atomic E-state index is 12.0. The van der Waals surface area contributed by atoms with Gasteiger partial charge in [0, 0.05) is 16.7 Å². The highest BCUT2D eigenvalue weighted by Gasteiger charge is 2.32. The van der Waals surface area contributed by atoms with E-state index < -0.39 is 12.1 Å². The molecule has 0 aliphatic carbocycles. The number of amides is 3.